The molecule has 1 aromatic carbocycles. The standard InChI is InChI=1S/C17H13N5O2/c23-17(14-9-15(24-21-14)12-5-2-1-3-6-12)19-10-13-11-20-22-8-4-7-18-16(13)22/h1-9,11H,10H2,(H,19,23). The second-order valence-electron chi connectivity index (χ2n) is 5.18. The van der Waals surface area contributed by atoms with Crippen LogP contribution in [0.4, 0.5) is 0 Å². The van der Waals surface area contributed by atoms with E-state index in [4.69, 9.17) is 4.52 Å². The van der Waals surface area contributed by atoms with Crippen molar-refractivity contribution < 1.29 is 9.32 Å². The second kappa shape index (κ2) is 5.96. The van der Waals surface area contributed by atoms with Crippen LogP contribution in [0.25, 0.3) is 17.0 Å². The summed E-state index contributed by atoms with van der Waals surface area (Å²) < 4.78 is 6.90. The van der Waals surface area contributed by atoms with Crippen molar-refractivity contribution >= 4 is 11.6 Å². The Morgan fingerprint density at radius 2 is 2.08 bits per heavy atom. The van der Waals surface area contributed by atoms with E-state index in [0.717, 1.165) is 11.1 Å². The van der Waals surface area contributed by atoms with Crippen LogP contribution < -0.4 is 5.32 Å². The van der Waals surface area contributed by atoms with Gasteiger partial charge in [0.25, 0.3) is 5.91 Å². The highest BCUT2D eigenvalue weighted by molar-refractivity contribution is 5.93. The monoisotopic (exact) mass is 319 g/mol. The van der Waals surface area contributed by atoms with Gasteiger partial charge in [0.2, 0.25) is 0 Å². The van der Waals surface area contributed by atoms with Gasteiger partial charge in [0.15, 0.2) is 17.1 Å². The van der Waals surface area contributed by atoms with Gasteiger partial charge in [-0.1, -0.05) is 35.5 Å². The first kappa shape index (κ1) is 14.1. The molecule has 4 rings (SSSR count). The van der Waals surface area contributed by atoms with Crippen LogP contribution in [0.5, 0.6) is 0 Å². The zero-order valence-corrected chi connectivity index (χ0v) is 12.6. The summed E-state index contributed by atoms with van der Waals surface area (Å²) in [4.78, 5) is 16.5. The lowest BCUT2D eigenvalue weighted by molar-refractivity contribution is 0.0942. The highest BCUT2D eigenvalue weighted by atomic mass is 16.5. The quantitative estimate of drug-likeness (QED) is 0.624. The molecule has 0 bridgehead atoms. The Morgan fingerprint density at radius 1 is 1.21 bits per heavy atom. The lowest BCUT2D eigenvalue weighted by Gasteiger charge is -2.00. The number of rotatable bonds is 4. The topological polar surface area (TPSA) is 85.3 Å². The molecule has 0 saturated heterocycles. The fourth-order valence-electron chi connectivity index (χ4n) is 2.39. The van der Waals surface area contributed by atoms with Gasteiger partial charge in [-0.15, -0.1) is 0 Å². The predicted octanol–water partition coefficient (Wildman–Crippen LogP) is 2.31. The summed E-state index contributed by atoms with van der Waals surface area (Å²) in [6.07, 6.45) is 5.17. The van der Waals surface area contributed by atoms with Crippen molar-refractivity contribution in [2.45, 2.75) is 6.54 Å². The largest absolute Gasteiger partial charge is 0.355 e. The van der Waals surface area contributed by atoms with Crippen LogP contribution in [0.15, 0.2) is 65.6 Å². The van der Waals surface area contributed by atoms with Crippen molar-refractivity contribution in [2.75, 3.05) is 0 Å². The van der Waals surface area contributed by atoms with Crippen molar-refractivity contribution in [2.24, 2.45) is 0 Å². The molecule has 3 heterocycles. The van der Waals surface area contributed by atoms with E-state index in [1.165, 1.54) is 0 Å². The molecule has 0 unspecified atom stereocenters. The van der Waals surface area contributed by atoms with Crippen molar-refractivity contribution in [3.8, 4) is 11.3 Å². The second-order valence-corrected chi connectivity index (χ2v) is 5.18. The number of fused-ring (bicyclic) bond motifs is 1. The molecule has 0 saturated carbocycles. The van der Waals surface area contributed by atoms with Gasteiger partial charge in [0.1, 0.15) is 0 Å². The Bertz CT molecular complexity index is 990. The minimum atomic E-state index is -0.309. The third-order valence-electron chi connectivity index (χ3n) is 3.59. The van der Waals surface area contributed by atoms with Crippen LogP contribution in [0.2, 0.25) is 0 Å². The van der Waals surface area contributed by atoms with Gasteiger partial charge in [-0.3, -0.25) is 4.79 Å². The van der Waals surface area contributed by atoms with E-state index in [9.17, 15) is 4.79 Å². The fourth-order valence-corrected chi connectivity index (χ4v) is 2.39. The van der Waals surface area contributed by atoms with Gasteiger partial charge in [-0.05, 0) is 6.07 Å². The molecule has 7 heteroatoms. The molecule has 3 aromatic heterocycles. The summed E-state index contributed by atoms with van der Waals surface area (Å²) in [7, 11) is 0. The maximum absolute atomic E-state index is 12.2. The van der Waals surface area contributed by atoms with Crippen molar-refractivity contribution in [3.63, 3.8) is 0 Å². The van der Waals surface area contributed by atoms with Gasteiger partial charge in [-0.2, -0.15) is 5.10 Å². The number of nitrogens with zero attached hydrogens (tertiary/aromatic N) is 4. The van der Waals surface area contributed by atoms with Crippen molar-refractivity contribution in [1.29, 1.82) is 0 Å². The summed E-state index contributed by atoms with van der Waals surface area (Å²) in [5.74, 6) is 0.245. The highest BCUT2D eigenvalue weighted by Gasteiger charge is 2.14. The summed E-state index contributed by atoms with van der Waals surface area (Å²) in [5, 5.41) is 10.8. The highest BCUT2D eigenvalue weighted by Crippen LogP contribution is 2.19. The molecule has 7 nitrogen and oxygen atoms in total. The van der Waals surface area contributed by atoms with Crippen LogP contribution >= 0.6 is 0 Å². The van der Waals surface area contributed by atoms with E-state index in [1.54, 1.807) is 35.2 Å². The molecule has 24 heavy (non-hydrogen) atoms. The van der Waals surface area contributed by atoms with Crippen LogP contribution in [0, 0.1) is 0 Å². The van der Waals surface area contributed by atoms with Gasteiger partial charge in [0.05, 0.1) is 6.20 Å². The summed E-state index contributed by atoms with van der Waals surface area (Å²) >= 11 is 0. The summed E-state index contributed by atoms with van der Waals surface area (Å²) in [6, 6.07) is 12.9. The Hall–Kier alpha value is -3.48. The maximum Gasteiger partial charge on any atom is 0.273 e. The first-order chi connectivity index (χ1) is 11.8. The van der Waals surface area contributed by atoms with Crippen LogP contribution in [-0.4, -0.2) is 25.7 Å². The van der Waals surface area contributed by atoms with Gasteiger partial charge in [0, 0.05) is 36.1 Å². The van der Waals surface area contributed by atoms with Gasteiger partial charge in [-0.25, -0.2) is 9.50 Å². The molecule has 0 atom stereocenters. The van der Waals surface area contributed by atoms with Crippen LogP contribution in [0.1, 0.15) is 16.1 Å². The van der Waals surface area contributed by atoms with E-state index < -0.39 is 0 Å². The first-order valence-electron chi connectivity index (χ1n) is 7.39. The van der Waals surface area contributed by atoms with E-state index in [1.807, 2.05) is 30.3 Å². The maximum atomic E-state index is 12.2. The average molecular weight is 319 g/mol. The normalized spacial score (nSPS) is 10.8. The van der Waals surface area contributed by atoms with Crippen LogP contribution in [0.3, 0.4) is 0 Å². The number of nitrogens with one attached hydrogen (secondary N) is 1. The lowest BCUT2D eigenvalue weighted by atomic mass is 10.1. The molecule has 4 aromatic rings. The Morgan fingerprint density at radius 3 is 2.96 bits per heavy atom. The van der Waals surface area contributed by atoms with E-state index in [2.05, 4.69) is 20.6 Å². The predicted molar refractivity (Wildman–Crippen MR) is 86.1 cm³/mol. The Labute approximate surface area is 136 Å². The number of hydrogen-bond acceptors (Lipinski definition) is 5. The third kappa shape index (κ3) is 2.63. The Balaban J connectivity index is 1.48. The third-order valence-corrected chi connectivity index (χ3v) is 3.59. The number of aromatic nitrogens is 4. The number of hydrogen-bond donors (Lipinski definition) is 1. The molecule has 0 radical (unpaired) electrons. The van der Waals surface area contributed by atoms with Crippen LogP contribution in [-0.2, 0) is 6.54 Å². The Kier molecular flexibility index (Phi) is 3.51. The number of benzene rings is 1. The SMILES string of the molecule is O=C(NCc1cnn2cccnc12)c1cc(-c2ccccc2)on1. The minimum Gasteiger partial charge on any atom is -0.355 e. The molecular weight excluding hydrogens is 306 g/mol. The first-order valence-corrected chi connectivity index (χ1v) is 7.39. The molecule has 1 amide bonds. The molecule has 0 fully saturated rings. The van der Waals surface area contributed by atoms with Gasteiger partial charge < -0.3 is 9.84 Å². The zero-order chi connectivity index (χ0) is 16.4. The molecular formula is C17H13N5O2. The van der Waals surface area contributed by atoms with E-state index >= 15 is 0 Å². The molecule has 0 aliphatic carbocycles. The molecule has 0 aliphatic rings. The molecule has 118 valence electrons. The van der Waals surface area contributed by atoms with Gasteiger partial charge >= 0.3 is 0 Å². The fraction of sp³-hybridized carbons (Fsp3) is 0.0588. The van der Waals surface area contributed by atoms with E-state index in [-0.39, 0.29) is 11.6 Å². The molecule has 0 aliphatic heterocycles. The minimum absolute atomic E-state index is 0.235. The number of carbonyl (C=O) groups is 1. The molecule has 1 N–H and O–H groups in total. The average Bonchev–Trinajstić information content (AvgIpc) is 3.28. The number of amides is 1. The smallest absolute Gasteiger partial charge is 0.273 e. The number of carbonyl (C=O) groups excluding carboxylic acids is 1. The van der Waals surface area contributed by atoms with Crippen molar-refractivity contribution in [1.82, 2.24) is 25.1 Å². The summed E-state index contributed by atoms with van der Waals surface area (Å²) in [6.45, 7) is 0.312. The molecule has 0 spiro atoms. The van der Waals surface area contributed by atoms with E-state index in [0.29, 0.717) is 18.0 Å². The zero-order valence-electron chi connectivity index (χ0n) is 12.6. The lowest BCUT2D eigenvalue weighted by Crippen LogP contribution is -2.23. The summed E-state index contributed by atoms with van der Waals surface area (Å²) in [5.41, 5.74) is 2.65. The van der Waals surface area contributed by atoms with Crippen molar-refractivity contribution in [3.05, 3.63) is 72.3 Å².